The third-order valence-corrected chi connectivity index (χ3v) is 7.24. The molecule has 2 atom stereocenters. The first-order valence-corrected chi connectivity index (χ1v) is 11.9. The summed E-state index contributed by atoms with van der Waals surface area (Å²) in [7, 11) is 1.60. The van der Waals surface area contributed by atoms with E-state index in [1.165, 1.54) is 0 Å². The normalized spacial score (nSPS) is 22.0. The number of phenols is 1. The van der Waals surface area contributed by atoms with Crippen LogP contribution < -0.4 is 15.0 Å². The van der Waals surface area contributed by atoms with Crippen LogP contribution in [0.5, 0.6) is 17.2 Å². The molecule has 7 nitrogen and oxygen atoms in total. The molecule has 0 saturated carbocycles. The highest BCUT2D eigenvalue weighted by atomic mass is 16.5. The second kappa shape index (κ2) is 8.43. The molecule has 7 heteroatoms. The number of nitrogens with zero attached hydrogens (tertiary/aromatic N) is 2. The van der Waals surface area contributed by atoms with Crippen molar-refractivity contribution in [1.29, 1.82) is 0 Å². The molecule has 1 aromatic heterocycles. The lowest BCUT2D eigenvalue weighted by Crippen LogP contribution is -2.46. The standard InChI is InChI=1S/C28H26N2O5/c1-34-20-5-2-4-17(11-20)12-25-27(33)21-8-9-24(31)22(28(21)35-25)16-29-13-18-10-19(15-29)23-6-3-7-26(32)30(23)14-18/h2-9,11-12,18-19,31H,10,13-16H2,1H3/b25-12-. The summed E-state index contributed by atoms with van der Waals surface area (Å²) in [5.74, 6) is 1.90. The van der Waals surface area contributed by atoms with Gasteiger partial charge in [-0.25, -0.2) is 0 Å². The highest BCUT2D eigenvalue weighted by Crippen LogP contribution is 2.42. The smallest absolute Gasteiger partial charge is 0.250 e. The highest BCUT2D eigenvalue weighted by Gasteiger charge is 2.36. The van der Waals surface area contributed by atoms with Gasteiger partial charge in [-0.15, -0.1) is 0 Å². The average molecular weight is 471 g/mol. The van der Waals surface area contributed by atoms with Crippen molar-refractivity contribution in [2.75, 3.05) is 20.2 Å². The molecule has 1 saturated heterocycles. The summed E-state index contributed by atoms with van der Waals surface area (Å²) in [5.41, 5.74) is 3.02. The Morgan fingerprint density at radius 3 is 2.80 bits per heavy atom. The Bertz CT molecular complexity index is 1420. The van der Waals surface area contributed by atoms with Crippen LogP contribution in [-0.2, 0) is 13.1 Å². The zero-order chi connectivity index (χ0) is 24.1. The zero-order valence-electron chi connectivity index (χ0n) is 19.4. The van der Waals surface area contributed by atoms with Gasteiger partial charge in [-0.2, -0.15) is 0 Å². The summed E-state index contributed by atoms with van der Waals surface area (Å²) < 4.78 is 13.2. The summed E-state index contributed by atoms with van der Waals surface area (Å²) in [6.45, 7) is 2.78. The molecular formula is C28H26N2O5. The molecule has 3 aliphatic heterocycles. The second-order valence-electron chi connectivity index (χ2n) is 9.55. The molecule has 35 heavy (non-hydrogen) atoms. The number of pyridine rings is 1. The van der Waals surface area contributed by atoms with E-state index < -0.39 is 0 Å². The number of piperidine rings is 1. The third-order valence-electron chi connectivity index (χ3n) is 7.24. The molecule has 2 unspecified atom stereocenters. The molecule has 6 rings (SSSR count). The number of methoxy groups -OCH3 is 1. The van der Waals surface area contributed by atoms with Crippen LogP contribution in [0.25, 0.3) is 6.08 Å². The average Bonchev–Trinajstić information content (AvgIpc) is 3.17. The number of allylic oxidation sites excluding steroid dienone is 1. The Balaban J connectivity index is 1.28. The highest BCUT2D eigenvalue weighted by molar-refractivity contribution is 6.15. The lowest BCUT2D eigenvalue weighted by atomic mass is 9.83. The fraction of sp³-hybridized carbons (Fsp3) is 0.286. The number of hydrogen-bond acceptors (Lipinski definition) is 6. The number of benzene rings is 2. The maximum atomic E-state index is 13.1. The first-order chi connectivity index (χ1) is 17.0. The molecule has 178 valence electrons. The number of aromatic nitrogens is 1. The first-order valence-electron chi connectivity index (χ1n) is 11.9. The number of hydrogen-bond donors (Lipinski definition) is 1. The molecular weight excluding hydrogens is 444 g/mol. The quantitative estimate of drug-likeness (QED) is 0.585. The van der Waals surface area contributed by atoms with Gasteiger partial charge < -0.3 is 19.1 Å². The van der Waals surface area contributed by atoms with E-state index in [9.17, 15) is 14.7 Å². The molecule has 2 bridgehead atoms. The van der Waals surface area contributed by atoms with Gasteiger partial charge in [-0.05, 0) is 54.3 Å². The topological polar surface area (TPSA) is 81.0 Å². The predicted octanol–water partition coefficient (Wildman–Crippen LogP) is 3.80. The lowest BCUT2D eigenvalue weighted by Gasteiger charge is -2.42. The van der Waals surface area contributed by atoms with Gasteiger partial charge in [0.1, 0.15) is 17.2 Å². The monoisotopic (exact) mass is 470 g/mol. The Kier molecular flexibility index (Phi) is 5.22. The number of ketones is 1. The Morgan fingerprint density at radius 2 is 1.94 bits per heavy atom. The molecule has 1 fully saturated rings. The molecule has 3 aromatic rings. The predicted molar refractivity (Wildman–Crippen MR) is 131 cm³/mol. The maximum absolute atomic E-state index is 13.1. The van der Waals surface area contributed by atoms with E-state index in [0.29, 0.717) is 41.6 Å². The molecule has 4 heterocycles. The SMILES string of the molecule is COc1cccc(/C=C2\Oc3c(ccc(O)c3CN3CC4CC(C3)c3cccc(=O)n3C4)C2=O)c1. The molecule has 0 aliphatic carbocycles. The van der Waals surface area contributed by atoms with Crippen LogP contribution in [0.3, 0.4) is 0 Å². The van der Waals surface area contributed by atoms with E-state index in [1.54, 1.807) is 31.4 Å². The van der Waals surface area contributed by atoms with E-state index in [-0.39, 0.29) is 28.8 Å². The summed E-state index contributed by atoms with van der Waals surface area (Å²) in [5, 5.41) is 10.7. The van der Waals surface area contributed by atoms with Crippen molar-refractivity contribution in [3.63, 3.8) is 0 Å². The summed E-state index contributed by atoms with van der Waals surface area (Å²) >= 11 is 0. The van der Waals surface area contributed by atoms with Crippen LogP contribution in [0.1, 0.15) is 39.5 Å². The van der Waals surface area contributed by atoms with Crippen molar-refractivity contribution < 1.29 is 19.4 Å². The Labute approximate surface area is 202 Å². The molecule has 0 spiro atoms. The number of ether oxygens (including phenoxy) is 2. The van der Waals surface area contributed by atoms with E-state index in [2.05, 4.69) is 4.90 Å². The van der Waals surface area contributed by atoms with Crippen molar-refractivity contribution in [2.45, 2.75) is 25.4 Å². The van der Waals surface area contributed by atoms with Gasteiger partial charge in [0, 0.05) is 43.9 Å². The molecule has 3 aliphatic rings. The fourth-order valence-corrected chi connectivity index (χ4v) is 5.68. The number of carbonyl (C=O) groups is 1. The van der Waals surface area contributed by atoms with Crippen LogP contribution in [-0.4, -0.2) is 40.6 Å². The Morgan fingerprint density at radius 1 is 1.09 bits per heavy atom. The van der Waals surface area contributed by atoms with Crippen LogP contribution in [0.15, 0.2) is 65.2 Å². The minimum Gasteiger partial charge on any atom is -0.507 e. The fourth-order valence-electron chi connectivity index (χ4n) is 5.68. The van der Waals surface area contributed by atoms with E-state index >= 15 is 0 Å². The van der Waals surface area contributed by atoms with Crippen molar-refractivity contribution in [1.82, 2.24) is 9.47 Å². The molecule has 0 amide bonds. The van der Waals surface area contributed by atoms with Crippen LogP contribution in [0.4, 0.5) is 0 Å². The van der Waals surface area contributed by atoms with Crippen LogP contribution in [0, 0.1) is 5.92 Å². The molecule has 2 aromatic carbocycles. The van der Waals surface area contributed by atoms with Crippen molar-refractivity contribution in [3.8, 4) is 17.2 Å². The maximum Gasteiger partial charge on any atom is 0.250 e. The van der Waals surface area contributed by atoms with Gasteiger partial charge in [-0.1, -0.05) is 18.2 Å². The van der Waals surface area contributed by atoms with Gasteiger partial charge in [0.25, 0.3) is 5.56 Å². The van der Waals surface area contributed by atoms with Crippen molar-refractivity contribution in [2.24, 2.45) is 5.92 Å². The van der Waals surface area contributed by atoms with E-state index in [0.717, 1.165) is 30.8 Å². The van der Waals surface area contributed by atoms with Gasteiger partial charge in [0.2, 0.25) is 5.78 Å². The van der Waals surface area contributed by atoms with Crippen LogP contribution >= 0.6 is 0 Å². The minimum atomic E-state index is -0.201. The number of carbonyl (C=O) groups excluding carboxylic acids is 1. The van der Waals surface area contributed by atoms with E-state index in [1.807, 2.05) is 41.0 Å². The summed E-state index contributed by atoms with van der Waals surface area (Å²) in [6, 6.07) is 16.1. The number of fused-ring (bicyclic) bond motifs is 5. The van der Waals surface area contributed by atoms with Gasteiger partial charge in [-0.3, -0.25) is 14.5 Å². The summed E-state index contributed by atoms with van der Waals surface area (Å²) in [6.07, 6.45) is 2.76. The largest absolute Gasteiger partial charge is 0.507 e. The number of phenolic OH excluding ortho intramolecular Hbond substituents is 1. The third kappa shape index (κ3) is 3.82. The molecule has 0 radical (unpaired) electrons. The number of rotatable bonds is 4. The van der Waals surface area contributed by atoms with E-state index in [4.69, 9.17) is 9.47 Å². The van der Waals surface area contributed by atoms with Crippen molar-refractivity contribution in [3.05, 3.63) is 93.1 Å². The summed E-state index contributed by atoms with van der Waals surface area (Å²) in [4.78, 5) is 27.7. The number of Topliss-reactive ketones (excluding diaryl/α,β-unsaturated/α-hetero) is 1. The molecule has 1 N–H and O–H groups in total. The first kappa shape index (κ1) is 21.7. The van der Waals surface area contributed by atoms with Gasteiger partial charge >= 0.3 is 0 Å². The van der Waals surface area contributed by atoms with Gasteiger partial charge in [0.15, 0.2) is 5.76 Å². The number of aromatic hydroxyl groups is 1. The van der Waals surface area contributed by atoms with Crippen molar-refractivity contribution >= 4 is 11.9 Å². The van der Waals surface area contributed by atoms with Gasteiger partial charge in [0.05, 0.1) is 18.2 Å². The van der Waals surface area contributed by atoms with Crippen LogP contribution in [0.2, 0.25) is 0 Å². The minimum absolute atomic E-state index is 0.0615. The second-order valence-corrected chi connectivity index (χ2v) is 9.55. The number of likely N-dealkylation sites (tertiary alicyclic amines) is 1. The Hall–Kier alpha value is -3.84. The lowest BCUT2D eigenvalue weighted by molar-refractivity contribution is 0.101. The zero-order valence-corrected chi connectivity index (χ0v) is 19.4.